The van der Waals surface area contributed by atoms with Gasteiger partial charge in [0, 0.05) is 11.3 Å². The monoisotopic (exact) mass is 294 g/mol. The summed E-state index contributed by atoms with van der Waals surface area (Å²) < 4.78 is 18.4. The number of nitrogen functional groups attached to an aromatic ring is 1. The van der Waals surface area contributed by atoms with E-state index in [1.54, 1.807) is 18.2 Å². The highest BCUT2D eigenvalue weighted by atomic mass is 35.5. The lowest BCUT2D eigenvalue weighted by atomic mass is 10.2. The van der Waals surface area contributed by atoms with Gasteiger partial charge in [-0.25, -0.2) is 4.39 Å². The molecule has 0 aliphatic carbocycles. The van der Waals surface area contributed by atoms with Gasteiger partial charge in [-0.1, -0.05) is 11.6 Å². The Morgan fingerprint density at radius 2 is 2.05 bits per heavy atom. The van der Waals surface area contributed by atoms with Crippen molar-refractivity contribution in [2.24, 2.45) is 0 Å². The number of hydrogen-bond acceptors (Lipinski definition) is 3. The summed E-state index contributed by atoms with van der Waals surface area (Å²) >= 11 is 5.57. The van der Waals surface area contributed by atoms with Gasteiger partial charge in [-0.3, -0.25) is 4.79 Å². The summed E-state index contributed by atoms with van der Waals surface area (Å²) in [7, 11) is 1.48. The molecule has 0 saturated heterocycles. The molecule has 4 nitrogen and oxygen atoms in total. The quantitative estimate of drug-likeness (QED) is 0.854. The predicted molar refractivity (Wildman–Crippen MR) is 76.8 cm³/mol. The molecule has 1 amide bonds. The zero-order valence-corrected chi connectivity index (χ0v) is 11.4. The minimum Gasteiger partial charge on any atom is -0.495 e. The van der Waals surface area contributed by atoms with Crippen molar-refractivity contribution in [2.75, 3.05) is 18.2 Å². The molecule has 0 radical (unpaired) electrons. The van der Waals surface area contributed by atoms with Gasteiger partial charge in [-0.2, -0.15) is 0 Å². The number of methoxy groups -OCH3 is 1. The molecule has 0 spiro atoms. The second-order valence-corrected chi connectivity index (χ2v) is 4.45. The standard InChI is InChI=1S/C14H12ClFN2O2/c1-20-13-5-3-9(17)7-12(13)18-14(19)8-2-4-10(15)11(16)6-8/h2-7H,17H2,1H3,(H,18,19). The lowest BCUT2D eigenvalue weighted by Crippen LogP contribution is -2.13. The van der Waals surface area contributed by atoms with Crippen LogP contribution in [0.1, 0.15) is 10.4 Å². The molecule has 0 bridgehead atoms. The van der Waals surface area contributed by atoms with Gasteiger partial charge >= 0.3 is 0 Å². The van der Waals surface area contributed by atoms with Crippen molar-refractivity contribution in [3.05, 3.63) is 52.8 Å². The molecule has 0 aliphatic heterocycles. The normalized spacial score (nSPS) is 10.2. The minimum absolute atomic E-state index is 0.0388. The Bertz CT molecular complexity index is 662. The largest absolute Gasteiger partial charge is 0.495 e. The van der Waals surface area contributed by atoms with E-state index in [4.69, 9.17) is 22.1 Å². The van der Waals surface area contributed by atoms with Crippen LogP contribution in [0.25, 0.3) is 0 Å². The van der Waals surface area contributed by atoms with Gasteiger partial charge < -0.3 is 15.8 Å². The first-order valence-electron chi connectivity index (χ1n) is 5.71. The Morgan fingerprint density at radius 3 is 2.70 bits per heavy atom. The molecule has 2 aromatic rings. The van der Waals surface area contributed by atoms with Crippen LogP contribution in [0.4, 0.5) is 15.8 Å². The molecule has 2 rings (SSSR count). The van der Waals surface area contributed by atoms with Crippen molar-refractivity contribution in [1.29, 1.82) is 0 Å². The van der Waals surface area contributed by atoms with E-state index in [1.165, 1.54) is 19.2 Å². The molecule has 0 aromatic heterocycles. The van der Waals surface area contributed by atoms with Gasteiger partial charge in [0.05, 0.1) is 17.8 Å². The van der Waals surface area contributed by atoms with Crippen LogP contribution in [0.2, 0.25) is 5.02 Å². The molecule has 2 aromatic carbocycles. The molecule has 0 aliphatic rings. The fourth-order valence-corrected chi connectivity index (χ4v) is 1.77. The van der Waals surface area contributed by atoms with Gasteiger partial charge in [0.1, 0.15) is 11.6 Å². The first kappa shape index (κ1) is 14.1. The Hall–Kier alpha value is -2.27. The summed E-state index contributed by atoms with van der Waals surface area (Å²) in [6.07, 6.45) is 0. The molecular weight excluding hydrogens is 283 g/mol. The highest BCUT2D eigenvalue weighted by Crippen LogP contribution is 2.27. The summed E-state index contributed by atoms with van der Waals surface area (Å²) in [6, 6.07) is 8.66. The molecule has 0 heterocycles. The highest BCUT2D eigenvalue weighted by Gasteiger charge is 2.12. The summed E-state index contributed by atoms with van der Waals surface area (Å²) in [6.45, 7) is 0. The maximum Gasteiger partial charge on any atom is 0.255 e. The number of anilines is 2. The van der Waals surface area contributed by atoms with Crippen molar-refractivity contribution in [3.63, 3.8) is 0 Å². The lowest BCUT2D eigenvalue weighted by molar-refractivity contribution is 0.102. The van der Waals surface area contributed by atoms with Crippen LogP contribution < -0.4 is 15.8 Å². The van der Waals surface area contributed by atoms with E-state index in [0.717, 1.165) is 6.07 Å². The number of carbonyl (C=O) groups excluding carboxylic acids is 1. The summed E-state index contributed by atoms with van der Waals surface area (Å²) in [5.41, 5.74) is 6.69. The van der Waals surface area contributed by atoms with E-state index in [1.807, 2.05) is 0 Å². The zero-order chi connectivity index (χ0) is 14.7. The summed E-state index contributed by atoms with van der Waals surface area (Å²) in [5, 5.41) is 2.57. The summed E-state index contributed by atoms with van der Waals surface area (Å²) in [5.74, 6) is -0.676. The third-order valence-corrected chi connectivity index (χ3v) is 2.96. The van der Waals surface area contributed by atoms with Gasteiger partial charge in [0.25, 0.3) is 5.91 Å². The van der Waals surface area contributed by atoms with Crippen molar-refractivity contribution in [1.82, 2.24) is 0 Å². The van der Waals surface area contributed by atoms with E-state index in [0.29, 0.717) is 17.1 Å². The fraction of sp³-hybridized carbons (Fsp3) is 0.0714. The number of benzene rings is 2. The molecule has 0 fully saturated rings. The second kappa shape index (κ2) is 5.79. The molecule has 3 N–H and O–H groups in total. The predicted octanol–water partition coefficient (Wildman–Crippen LogP) is 3.32. The Balaban J connectivity index is 2.27. The van der Waals surface area contributed by atoms with E-state index < -0.39 is 11.7 Å². The van der Waals surface area contributed by atoms with Crippen molar-refractivity contribution < 1.29 is 13.9 Å². The third kappa shape index (κ3) is 3.00. The number of amides is 1. The van der Waals surface area contributed by atoms with Crippen LogP contribution in [0, 0.1) is 5.82 Å². The highest BCUT2D eigenvalue weighted by molar-refractivity contribution is 6.30. The number of ether oxygens (including phenoxy) is 1. The molecule has 0 unspecified atom stereocenters. The Labute approximate surface area is 120 Å². The number of rotatable bonds is 3. The SMILES string of the molecule is COc1ccc(N)cc1NC(=O)c1ccc(Cl)c(F)c1. The molecule has 104 valence electrons. The van der Waals surface area contributed by atoms with Crippen LogP contribution in [-0.4, -0.2) is 13.0 Å². The van der Waals surface area contributed by atoms with Gasteiger partial charge in [-0.15, -0.1) is 0 Å². The number of halogens is 2. The average Bonchev–Trinajstić information content (AvgIpc) is 2.42. The number of carbonyl (C=O) groups is 1. The Kier molecular flexibility index (Phi) is 4.10. The van der Waals surface area contributed by atoms with Gasteiger partial charge in [-0.05, 0) is 36.4 Å². The molecule has 0 saturated carbocycles. The van der Waals surface area contributed by atoms with E-state index in [2.05, 4.69) is 5.32 Å². The second-order valence-electron chi connectivity index (χ2n) is 4.04. The van der Waals surface area contributed by atoms with E-state index in [-0.39, 0.29) is 10.6 Å². The molecule has 6 heteroatoms. The third-order valence-electron chi connectivity index (χ3n) is 2.65. The maximum absolute atomic E-state index is 13.3. The number of nitrogens with two attached hydrogens (primary N) is 1. The average molecular weight is 295 g/mol. The van der Waals surface area contributed by atoms with Crippen LogP contribution in [0.15, 0.2) is 36.4 Å². The number of hydrogen-bond donors (Lipinski definition) is 2. The van der Waals surface area contributed by atoms with Gasteiger partial charge in [0.15, 0.2) is 0 Å². The smallest absolute Gasteiger partial charge is 0.255 e. The van der Waals surface area contributed by atoms with Crippen LogP contribution in [0.5, 0.6) is 5.75 Å². The lowest BCUT2D eigenvalue weighted by Gasteiger charge is -2.11. The summed E-state index contributed by atoms with van der Waals surface area (Å²) in [4.78, 5) is 12.0. The van der Waals surface area contributed by atoms with Crippen LogP contribution in [-0.2, 0) is 0 Å². The first-order valence-corrected chi connectivity index (χ1v) is 6.09. The molecule has 20 heavy (non-hydrogen) atoms. The number of nitrogens with one attached hydrogen (secondary N) is 1. The van der Waals surface area contributed by atoms with Crippen LogP contribution >= 0.6 is 11.6 Å². The van der Waals surface area contributed by atoms with E-state index in [9.17, 15) is 9.18 Å². The van der Waals surface area contributed by atoms with Gasteiger partial charge in [0.2, 0.25) is 0 Å². The van der Waals surface area contributed by atoms with Crippen molar-refractivity contribution in [2.45, 2.75) is 0 Å². The topological polar surface area (TPSA) is 64.3 Å². The minimum atomic E-state index is -0.654. The van der Waals surface area contributed by atoms with E-state index >= 15 is 0 Å². The van der Waals surface area contributed by atoms with Crippen LogP contribution in [0.3, 0.4) is 0 Å². The fourth-order valence-electron chi connectivity index (χ4n) is 1.66. The maximum atomic E-state index is 13.3. The Morgan fingerprint density at radius 1 is 1.30 bits per heavy atom. The van der Waals surface area contributed by atoms with Crippen molar-refractivity contribution in [3.8, 4) is 5.75 Å². The molecule has 0 atom stereocenters. The zero-order valence-electron chi connectivity index (χ0n) is 10.6. The van der Waals surface area contributed by atoms with Crippen molar-refractivity contribution >= 4 is 28.9 Å². The molecular formula is C14H12ClFN2O2. The first-order chi connectivity index (χ1) is 9.51.